The number of carboxylic acid groups (broad SMARTS) is 2. The number of halogens is 6. The zero-order valence-electron chi connectivity index (χ0n) is 10.5. The minimum Gasteiger partial charge on any atom is -0.475 e. The number of rotatable bonds is 1. The highest BCUT2D eigenvalue weighted by Crippen LogP contribution is 2.16. The smallest absolute Gasteiger partial charge is 0.475 e. The molecule has 0 aromatic heterocycles. The van der Waals surface area contributed by atoms with E-state index in [4.69, 9.17) is 25.6 Å². The van der Waals surface area contributed by atoms with Crippen LogP contribution in [0, 0.1) is 0 Å². The number of carbonyl (C=O) groups is 2. The van der Waals surface area contributed by atoms with Gasteiger partial charge in [0, 0.05) is 6.04 Å². The van der Waals surface area contributed by atoms with E-state index in [0.717, 1.165) is 0 Å². The summed E-state index contributed by atoms with van der Waals surface area (Å²) in [5.74, 6) is -0.330. The Hall–Kier alpha value is -1.56. The third-order valence-electron chi connectivity index (χ3n) is 2.08. The average molecular weight is 328 g/mol. The first kappa shape index (κ1) is 21.7. The molecule has 5 N–H and O–H groups in total. The maximum absolute atomic E-state index is 10.6. The number of carboxylic acids is 2. The van der Waals surface area contributed by atoms with E-state index < -0.39 is 24.3 Å². The van der Waals surface area contributed by atoms with Crippen LogP contribution in [0.5, 0.6) is 0 Å². The van der Waals surface area contributed by atoms with Crippen molar-refractivity contribution in [3.63, 3.8) is 0 Å². The number of nitrogens with one attached hydrogen (secondary N) is 1. The van der Waals surface area contributed by atoms with Gasteiger partial charge in [0.1, 0.15) is 0 Å². The zero-order valence-corrected chi connectivity index (χ0v) is 10.5. The Bertz CT molecular complexity index is 301. The molecule has 0 aromatic carbocycles. The van der Waals surface area contributed by atoms with Crippen molar-refractivity contribution in [3.8, 4) is 0 Å². The normalized spacial score (nSPS) is 15.4. The fraction of sp³-hybridized carbons (Fsp3) is 0.778. The van der Waals surface area contributed by atoms with Crippen LogP contribution in [0.25, 0.3) is 0 Å². The van der Waals surface area contributed by atoms with Gasteiger partial charge < -0.3 is 10.2 Å². The molecule has 0 heterocycles. The molecule has 12 heteroatoms. The van der Waals surface area contributed by atoms with Gasteiger partial charge in [-0.1, -0.05) is 12.8 Å². The lowest BCUT2D eigenvalue weighted by Crippen LogP contribution is -2.32. The standard InChI is InChI=1S/C5H12N2.2C2HF3O2/c6-7-5-3-1-2-4-5;2*3-2(4,5)1(6)7/h5,7H,1-4,6H2;2*(H,6,7). The van der Waals surface area contributed by atoms with Crippen LogP contribution in [0.15, 0.2) is 0 Å². The molecule has 126 valence electrons. The highest BCUT2D eigenvalue weighted by molar-refractivity contribution is 5.73. The van der Waals surface area contributed by atoms with Gasteiger partial charge in [-0.3, -0.25) is 11.3 Å². The second kappa shape index (κ2) is 9.39. The van der Waals surface area contributed by atoms with Crippen LogP contribution < -0.4 is 11.3 Å². The quantitative estimate of drug-likeness (QED) is 0.331. The van der Waals surface area contributed by atoms with Crippen molar-refractivity contribution in [1.29, 1.82) is 0 Å². The second-order valence-corrected chi connectivity index (χ2v) is 3.75. The maximum Gasteiger partial charge on any atom is 0.490 e. The van der Waals surface area contributed by atoms with E-state index in [0.29, 0.717) is 6.04 Å². The molecular formula is C9H14F6N2O4. The monoisotopic (exact) mass is 328 g/mol. The van der Waals surface area contributed by atoms with Crippen molar-refractivity contribution in [2.75, 3.05) is 0 Å². The van der Waals surface area contributed by atoms with Gasteiger partial charge in [-0.25, -0.2) is 9.59 Å². The van der Waals surface area contributed by atoms with Gasteiger partial charge in [0.2, 0.25) is 0 Å². The molecule has 0 atom stereocenters. The van der Waals surface area contributed by atoms with E-state index in [2.05, 4.69) is 5.43 Å². The number of aliphatic carboxylic acids is 2. The summed E-state index contributed by atoms with van der Waals surface area (Å²) in [6.07, 6.45) is -4.91. The minimum absolute atomic E-state index is 0.625. The largest absolute Gasteiger partial charge is 0.490 e. The van der Waals surface area contributed by atoms with E-state index in [1.54, 1.807) is 0 Å². The lowest BCUT2D eigenvalue weighted by Gasteiger charge is -2.02. The van der Waals surface area contributed by atoms with Crippen molar-refractivity contribution in [1.82, 2.24) is 5.43 Å². The van der Waals surface area contributed by atoms with Crippen molar-refractivity contribution in [2.45, 2.75) is 44.1 Å². The summed E-state index contributed by atoms with van der Waals surface area (Å²) in [6, 6.07) is 0.625. The number of hydrogen-bond donors (Lipinski definition) is 4. The van der Waals surface area contributed by atoms with Crippen molar-refractivity contribution in [3.05, 3.63) is 0 Å². The zero-order chi connectivity index (χ0) is 17.3. The SMILES string of the molecule is NNC1CCCC1.O=C(O)C(F)(F)F.O=C(O)C(F)(F)F. The third-order valence-corrected chi connectivity index (χ3v) is 2.08. The third kappa shape index (κ3) is 13.2. The second-order valence-electron chi connectivity index (χ2n) is 3.75. The molecule has 0 saturated heterocycles. The summed E-state index contributed by atoms with van der Waals surface area (Å²) >= 11 is 0. The maximum atomic E-state index is 10.6. The van der Waals surface area contributed by atoms with Crippen LogP contribution in [-0.2, 0) is 9.59 Å². The molecule has 0 amide bonds. The first-order valence-corrected chi connectivity index (χ1v) is 5.38. The van der Waals surface area contributed by atoms with Crippen molar-refractivity contribution >= 4 is 11.9 Å². The van der Waals surface area contributed by atoms with Gasteiger partial charge in [0.05, 0.1) is 0 Å². The number of hydrazine groups is 1. The van der Waals surface area contributed by atoms with Crippen LogP contribution in [0.3, 0.4) is 0 Å². The molecule has 0 bridgehead atoms. The van der Waals surface area contributed by atoms with Gasteiger partial charge in [0.15, 0.2) is 0 Å². The highest BCUT2D eigenvalue weighted by atomic mass is 19.4. The van der Waals surface area contributed by atoms with Gasteiger partial charge in [-0.2, -0.15) is 26.3 Å². The summed E-state index contributed by atoms with van der Waals surface area (Å²) in [7, 11) is 0. The van der Waals surface area contributed by atoms with Crippen LogP contribution >= 0.6 is 0 Å². The van der Waals surface area contributed by atoms with E-state index in [9.17, 15) is 26.3 Å². The molecular weight excluding hydrogens is 314 g/mol. The Labute approximate surface area is 114 Å². The molecule has 1 saturated carbocycles. The topological polar surface area (TPSA) is 113 Å². The predicted octanol–water partition coefficient (Wildman–Crippen LogP) is 1.66. The fourth-order valence-electron chi connectivity index (χ4n) is 1.09. The lowest BCUT2D eigenvalue weighted by molar-refractivity contribution is -0.193. The molecule has 0 unspecified atom stereocenters. The molecule has 6 nitrogen and oxygen atoms in total. The summed E-state index contributed by atoms with van der Waals surface area (Å²) < 4.78 is 63.5. The Balaban J connectivity index is 0. The molecule has 21 heavy (non-hydrogen) atoms. The van der Waals surface area contributed by atoms with Crippen LogP contribution in [0.1, 0.15) is 25.7 Å². The summed E-state index contributed by atoms with van der Waals surface area (Å²) in [5.41, 5.74) is 2.76. The molecule has 1 aliphatic carbocycles. The lowest BCUT2D eigenvalue weighted by atomic mass is 10.3. The first-order valence-electron chi connectivity index (χ1n) is 5.38. The number of hydrogen-bond acceptors (Lipinski definition) is 4. The average Bonchev–Trinajstić information content (AvgIpc) is 2.80. The van der Waals surface area contributed by atoms with E-state index in [-0.39, 0.29) is 0 Å². The molecule has 0 aliphatic heterocycles. The van der Waals surface area contributed by atoms with Gasteiger partial charge in [-0.05, 0) is 12.8 Å². The molecule has 1 fully saturated rings. The van der Waals surface area contributed by atoms with Gasteiger partial charge in [-0.15, -0.1) is 0 Å². The summed E-state index contributed by atoms with van der Waals surface area (Å²) in [6.45, 7) is 0. The Morgan fingerprint density at radius 1 is 0.905 bits per heavy atom. The fourth-order valence-corrected chi connectivity index (χ4v) is 1.09. The first-order chi connectivity index (χ1) is 9.32. The van der Waals surface area contributed by atoms with Gasteiger partial charge >= 0.3 is 24.3 Å². The Morgan fingerprint density at radius 2 is 1.14 bits per heavy atom. The highest BCUT2D eigenvalue weighted by Gasteiger charge is 2.38. The Morgan fingerprint density at radius 3 is 1.24 bits per heavy atom. The van der Waals surface area contributed by atoms with E-state index in [1.807, 2.05) is 0 Å². The van der Waals surface area contributed by atoms with Crippen molar-refractivity contribution < 1.29 is 46.1 Å². The number of nitrogens with two attached hydrogens (primary N) is 1. The van der Waals surface area contributed by atoms with Gasteiger partial charge in [0.25, 0.3) is 0 Å². The molecule has 1 rings (SSSR count). The molecule has 0 radical (unpaired) electrons. The van der Waals surface area contributed by atoms with Crippen molar-refractivity contribution in [2.24, 2.45) is 5.84 Å². The summed E-state index contributed by atoms with van der Waals surface area (Å²) in [4.78, 5) is 17.8. The Kier molecular flexibility index (Phi) is 9.72. The molecule has 0 aromatic rings. The van der Waals surface area contributed by atoms with Crippen LogP contribution in [0.2, 0.25) is 0 Å². The molecule has 1 aliphatic rings. The van der Waals surface area contributed by atoms with Crippen LogP contribution in [-0.4, -0.2) is 40.5 Å². The van der Waals surface area contributed by atoms with Crippen LogP contribution in [0.4, 0.5) is 26.3 Å². The summed E-state index contributed by atoms with van der Waals surface area (Å²) in [5, 5.41) is 14.2. The number of alkyl halides is 6. The van der Waals surface area contributed by atoms with E-state index >= 15 is 0 Å². The predicted molar refractivity (Wildman–Crippen MR) is 57.0 cm³/mol. The van der Waals surface area contributed by atoms with E-state index in [1.165, 1.54) is 25.7 Å². The molecule has 0 spiro atoms. The minimum atomic E-state index is -5.08.